The lowest BCUT2D eigenvalue weighted by Gasteiger charge is -2.45. The van der Waals surface area contributed by atoms with Crippen LogP contribution in [0.25, 0.3) is 0 Å². The zero-order valence-electron chi connectivity index (χ0n) is 13.0. The molecule has 0 atom stereocenters. The summed E-state index contributed by atoms with van der Waals surface area (Å²) in [5, 5.41) is 0. The number of unbranched alkanes of at least 4 members (excludes halogenated alkanes) is 3. The van der Waals surface area contributed by atoms with Gasteiger partial charge in [0.05, 0.1) is 0 Å². The maximum Gasteiger partial charge on any atom is 0.222 e. The van der Waals surface area contributed by atoms with Gasteiger partial charge in [-0.15, -0.1) is 0 Å². The highest BCUT2D eigenvalue weighted by atomic mass is 16.2. The van der Waals surface area contributed by atoms with Crippen LogP contribution >= 0.6 is 0 Å². The minimum Gasteiger partial charge on any atom is -0.342 e. The molecule has 1 spiro atoms. The predicted octanol–water partition coefficient (Wildman–Crippen LogP) is 3.47. The fourth-order valence-electron chi connectivity index (χ4n) is 4.06. The van der Waals surface area contributed by atoms with Gasteiger partial charge in [-0.1, -0.05) is 32.1 Å². The van der Waals surface area contributed by atoms with Gasteiger partial charge < -0.3 is 10.6 Å². The molecule has 2 fully saturated rings. The van der Waals surface area contributed by atoms with Gasteiger partial charge in [-0.25, -0.2) is 0 Å². The lowest BCUT2D eigenvalue weighted by Crippen LogP contribution is -2.46. The third-order valence-corrected chi connectivity index (χ3v) is 5.27. The van der Waals surface area contributed by atoms with Crippen LogP contribution in [0.3, 0.4) is 0 Å². The van der Waals surface area contributed by atoms with Gasteiger partial charge in [0.2, 0.25) is 5.91 Å². The molecular weight excluding hydrogens is 248 g/mol. The zero-order chi connectivity index (χ0) is 14.3. The van der Waals surface area contributed by atoms with Crippen molar-refractivity contribution in [1.29, 1.82) is 0 Å². The highest BCUT2D eigenvalue weighted by molar-refractivity contribution is 5.76. The van der Waals surface area contributed by atoms with E-state index in [-0.39, 0.29) is 0 Å². The molecule has 1 amide bonds. The number of rotatable bonds is 6. The maximum atomic E-state index is 12.4. The summed E-state index contributed by atoms with van der Waals surface area (Å²) >= 11 is 0. The molecule has 0 aromatic rings. The Bertz CT molecular complexity index is 292. The standard InChI is InChI=1S/C17H32N2O/c18-13-7-2-1-4-9-16(20)19-14-8-12-17(15-19)10-5-3-6-11-17/h1-15,18H2. The molecule has 0 radical (unpaired) electrons. The predicted molar refractivity (Wildman–Crippen MR) is 83.5 cm³/mol. The van der Waals surface area contributed by atoms with Crippen molar-refractivity contribution < 1.29 is 4.79 Å². The van der Waals surface area contributed by atoms with Crippen LogP contribution in [0.4, 0.5) is 0 Å². The third-order valence-electron chi connectivity index (χ3n) is 5.27. The Morgan fingerprint density at radius 3 is 2.40 bits per heavy atom. The van der Waals surface area contributed by atoms with E-state index in [1.165, 1.54) is 51.4 Å². The SMILES string of the molecule is NCCCCCCC(=O)N1CCCC2(CCCCC2)C1. The maximum absolute atomic E-state index is 12.4. The van der Waals surface area contributed by atoms with E-state index >= 15 is 0 Å². The Morgan fingerprint density at radius 2 is 1.65 bits per heavy atom. The van der Waals surface area contributed by atoms with Crippen molar-refractivity contribution in [1.82, 2.24) is 4.90 Å². The molecule has 3 nitrogen and oxygen atoms in total. The largest absolute Gasteiger partial charge is 0.342 e. The van der Waals surface area contributed by atoms with Gasteiger partial charge in [0.25, 0.3) is 0 Å². The van der Waals surface area contributed by atoms with Crippen molar-refractivity contribution in [2.75, 3.05) is 19.6 Å². The molecule has 0 bridgehead atoms. The molecule has 1 aliphatic heterocycles. The van der Waals surface area contributed by atoms with Crippen LogP contribution < -0.4 is 5.73 Å². The van der Waals surface area contributed by atoms with Crippen molar-refractivity contribution in [3.05, 3.63) is 0 Å². The third kappa shape index (κ3) is 4.47. The molecule has 0 aromatic carbocycles. The summed E-state index contributed by atoms with van der Waals surface area (Å²) in [7, 11) is 0. The molecule has 2 rings (SSSR count). The fraction of sp³-hybridized carbons (Fsp3) is 0.941. The van der Waals surface area contributed by atoms with Crippen molar-refractivity contribution in [2.24, 2.45) is 11.1 Å². The van der Waals surface area contributed by atoms with E-state index < -0.39 is 0 Å². The molecular formula is C17H32N2O. The molecule has 0 unspecified atom stereocenters. The highest BCUT2D eigenvalue weighted by Crippen LogP contribution is 2.43. The molecule has 3 heteroatoms. The van der Waals surface area contributed by atoms with Crippen molar-refractivity contribution in [2.45, 2.75) is 77.0 Å². The first-order valence-corrected chi connectivity index (χ1v) is 8.74. The van der Waals surface area contributed by atoms with Gasteiger partial charge in [-0.3, -0.25) is 4.79 Å². The Hall–Kier alpha value is -0.570. The van der Waals surface area contributed by atoms with E-state index in [4.69, 9.17) is 5.73 Å². The van der Waals surface area contributed by atoms with Gasteiger partial charge in [0, 0.05) is 19.5 Å². The lowest BCUT2D eigenvalue weighted by atomic mass is 9.69. The smallest absolute Gasteiger partial charge is 0.222 e. The minimum absolute atomic E-state index is 0.405. The van der Waals surface area contributed by atoms with E-state index in [2.05, 4.69) is 4.90 Å². The monoisotopic (exact) mass is 280 g/mol. The summed E-state index contributed by atoms with van der Waals surface area (Å²) in [6.45, 7) is 2.83. The minimum atomic E-state index is 0.405. The van der Waals surface area contributed by atoms with E-state index in [0.29, 0.717) is 11.3 Å². The highest BCUT2D eigenvalue weighted by Gasteiger charge is 2.37. The Balaban J connectivity index is 1.72. The average Bonchev–Trinajstić information content (AvgIpc) is 2.48. The first-order valence-electron chi connectivity index (χ1n) is 8.74. The first-order chi connectivity index (χ1) is 9.76. The number of hydrogen-bond acceptors (Lipinski definition) is 2. The molecule has 1 saturated heterocycles. The van der Waals surface area contributed by atoms with Crippen LogP contribution in [-0.2, 0) is 4.79 Å². The summed E-state index contributed by atoms with van der Waals surface area (Å²) in [6.07, 6.45) is 14.7. The van der Waals surface area contributed by atoms with Gasteiger partial charge in [-0.05, 0) is 50.5 Å². The van der Waals surface area contributed by atoms with Crippen molar-refractivity contribution >= 4 is 5.91 Å². The second kappa shape index (κ2) is 8.02. The van der Waals surface area contributed by atoms with Crippen molar-refractivity contribution in [3.8, 4) is 0 Å². The number of carbonyl (C=O) groups excluding carboxylic acids is 1. The topological polar surface area (TPSA) is 46.3 Å². The summed E-state index contributed by atoms with van der Waals surface area (Å²) in [5.41, 5.74) is 5.98. The summed E-state index contributed by atoms with van der Waals surface area (Å²) in [4.78, 5) is 14.5. The van der Waals surface area contributed by atoms with Crippen molar-refractivity contribution in [3.63, 3.8) is 0 Å². The number of hydrogen-bond donors (Lipinski definition) is 1. The van der Waals surface area contributed by atoms with Gasteiger partial charge in [0.1, 0.15) is 0 Å². The van der Waals surface area contributed by atoms with E-state index in [1.807, 2.05) is 0 Å². The molecule has 1 saturated carbocycles. The quantitative estimate of drug-likeness (QED) is 0.757. The second-order valence-corrected chi connectivity index (χ2v) is 6.93. The van der Waals surface area contributed by atoms with Gasteiger partial charge in [-0.2, -0.15) is 0 Å². The molecule has 2 aliphatic rings. The van der Waals surface area contributed by atoms with Crippen LogP contribution in [0.5, 0.6) is 0 Å². The number of carbonyl (C=O) groups is 1. The number of nitrogens with two attached hydrogens (primary N) is 1. The summed E-state index contributed by atoms with van der Waals surface area (Å²) in [5.74, 6) is 0.405. The Kier molecular flexibility index (Phi) is 6.34. The van der Waals surface area contributed by atoms with Crippen LogP contribution in [0.15, 0.2) is 0 Å². The van der Waals surface area contributed by atoms with Gasteiger partial charge in [0.15, 0.2) is 0 Å². The number of nitrogens with zero attached hydrogens (tertiary/aromatic N) is 1. The Labute approximate surface area is 124 Å². The van der Waals surface area contributed by atoms with E-state index in [1.54, 1.807) is 0 Å². The summed E-state index contributed by atoms with van der Waals surface area (Å²) < 4.78 is 0. The van der Waals surface area contributed by atoms with Crippen LogP contribution in [0.2, 0.25) is 0 Å². The fourth-order valence-corrected chi connectivity index (χ4v) is 4.06. The molecule has 116 valence electrons. The molecule has 2 N–H and O–H groups in total. The average molecular weight is 280 g/mol. The lowest BCUT2D eigenvalue weighted by molar-refractivity contribution is -0.135. The van der Waals surface area contributed by atoms with Crippen LogP contribution in [0.1, 0.15) is 77.0 Å². The van der Waals surface area contributed by atoms with Gasteiger partial charge >= 0.3 is 0 Å². The van der Waals surface area contributed by atoms with E-state index in [0.717, 1.165) is 45.3 Å². The van der Waals surface area contributed by atoms with Crippen LogP contribution in [0, 0.1) is 5.41 Å². The number of amides is 1. The first kappa shape index (κ1) is 15.8. The molecule has 20 heavy (non-hydrogen) atoms. The summed E-state index contributed by atoms with van der Waals surface area (Å²) in [6, 6.07) is 0. The molecule has 0 aromatic heterocycles. The molecule has 1 heterocycles. The van der Waals surface area contributed by atoms with Crippen LogP contribution in [-0.4, -0.2) is 30.4 Å². The molecule has 1 aliphatic carbocycles. The Morgan fingerprint density at radius 1 is 0.950 bits per heavy atom. The number of piperidine rings is 1. The zero-order valence-corrected chi connectivity index (χ0v) is 13.0. The number of likely N-dealkylation sites (tertiary alicyclic amines) is 1. The van der Waals surface area contributed by atoms with E-state index in [9.17, 15) is 4.79 Å². The normalized spacial score (nSPS) is 22.1. The second-order valence-electron chi connectivity index (χ2n) is 6.93.